The van der Waals surface area contributed by atoms with E-state index in [0.29, 0.717) is 0 Å². The summed E-state index contributed by atoms with van der Waals surface area (Å²) in [4.78, 5) is 0. The van der Waals surface area contributed by atoms with Crippen molar-refractivity contribution in [1.29, 1.82) is 0 Å². The number of nitrogens with two attached hydrogens (primary N) is 1. The molecule has 2 heteroatoms. The summed E-state index contributed by atoms with van der Waals surface area (Å²) in [5.41, 5.74) is 8.45. The Bertz CT molecular complexity index is 241. The normalized spacial score (nSPS) is 12.8. The number of hydrogen-bond acceptors (Lipinski definition) is 2. The van der Waals surface area contributed by atoms with Crippen molar-refractivity contribution in [3.05, 3.63) is 35.4 Å². The van der Waals surface area contributed by atoms with Gasteiger partial charge in [0.15, 0.2) is 0 Å². The highest BCUT2D eigenvalue weighted by atomic mass is 14.9. The molecule has 0 spiro atoms. The van der Waals surface area contributed by atoms with E-state index < -0.39 is 0 Å². The van der Waals surface area contributed by atoms with Crippen molar-refractivity contribution in [2.45, 2.75) is 19.9 Å². The Morgan fingerprint density at radius 1 is 1.31 bits per heavy atom. The van der Waals surface area contributed by atoms with Crippen LogP contribution in [0.5, 0.6) is 0 Å². The summed E-state index contributed by atoms with van der Waals surface area (Å²) in [7, 11) is 0. The number of likely N-dealkylation sites (N-methyl/N-ethyl adjacent to an activating group) is 1. The molecule has 13 heavy (non-hydrogen) atoms. The molecule has 0 saturated carbocycles. The molecule has 0 fully saturated rings. The molecule has 0 aliphatic heterocycles. The predicted molar refractivity (Wildman–Crippen MR) is 56.7 cm³/mol. The second-order valence-electron chi connectivity index (χ2n) is 3.32. The molecule has 0 heterocycles. The summed E-state index contributed by atoms with van der Waals surface area (Å²) in [5.74, 6) is 0. The fraction of sp³-hybridized carbons (Fsp3) is 0.455. The maximum absolute atomic E-state index is 5.97. The van der Waals surface area contributed by atoms with Gasteiger partial charge in [-0.15, -0.1) is 0 Å². The van der Waals surface area contributed by atoms with E-state index >= 15 is 0 Å². The molecule has 0 aliphatic carbocycles. The van der Waals surface area contributed by atoms with Crippen molar-refractivity contribution >= 4 is 0 Å². The Balaban J connectivity index is 2.55. The SMILES string of the molecule is CCNCC(N)c1ccc(C)cc1. The topological polar surface area (TPSA) is 38.0 Å². The molecule has 2 nitrogen and oxygen atoms in total. The maximum atomic E-state index is 5.97. The van der Waals surface area contributed by atoms with Crippen LogP contribution in [0.2, 0.25) is 0 Å². The molecule has 1 aromatic rings. The minimum Gasteiger partial charge on any atom is -0.323 e. The van der Waals surface area contributed by atoms with Crippen LogP contribution in [0.15, 0.2) is 24.3 Å². The Morgan fingerprint density at radius 2 is 1.92 bits per heavy atom. The molecule has 1 unspecified atom stereocenters. The number of nitrogens with one attached hydrogen (secondary N) is 1. The smallest absolute Gasteiger partial charge is 0.0421 e. The molecule has 1 aromatic carbocycles. The number of aryl methyl sites for hydroxylation is 1. The van der Waals surface area contributed by atoms with Gasteiger partial charge in [-0.3, -0.25) is 0 Å². The van der Waals surface area contributed by atoms with Crippen molar-refractivity contribution in [1.82, 2.24) is 5.32 Å². The zero-order valence-corrected chi connectivity index (χ0v) is 8.38. The van der Waals surface area contributed by atoms with Crippen LogP contribution in [0.4, 0.5) is 0 Å². The van der Waals surface area contributed by atoms with Crippen LogP contribution in [-0.4, -0.2) is 13.1 Å². The Kier molecular flexibility index (Phi) is 3.93. The van der Waals surface area contributed by atoms with Gasteiger partial charge in [0.2, 0.25) is 0 Å². The summed E-state index contributed by atoms with van der Waals surface area (Å²) in [6.45, 7) is 5.99. The third kappa shape index (κ3) is 3.17. The van der Waals surface area contributed by atoms with Crippen molar-refractivity contribution in [3.8, 4) is 0 Å². The van der Waals surface area contributed by atoms with Gasteiger partial charge >= 0.3 is 0 Å². The van der Waals surface area contributed by atoms with Gasteiger partial charge in [-0.05, 0) is 19.0 Å². The highest BCUT2D eigenvalue weighted by Crippen LogP contribution is 2.10. The van der Waals surface area contributed by atoms with E-state index in [0.717, 1.165) is 13.1 Å². The van der Waals surface area contributed by atoms with Gasteiger partial charge in [-0.25, -0.2) is 0 Å². The van der Waals surface area contributed by atoms with Crippen molar-refractivity contribution in [2.75, 3.05) is 13.1 Å². The van der Waals surface area contributed by atoms with Crippen LogP contribution in [0.25, 0.3) is 0 Å². The molecule has 0 bridgehead atoms. The van der Waals surface area contributed by atoms with Gasteiger partial charge < -0.3 is 11.1 Å². The van der Waals surface area contributed by atoms with Crippen LogP contribution < -0.4 is 11.1 Å². The summed E-state index contributed by atoms with van der Waals surface area (Å²) in [6.07, 6.45) is 0. The van der Waals surface area contributed by atoms with E-state index in [1.165, 1.54) is 11.1 Å². The maximum Gasteiger partial charge on any atom is 0.0421 e. The lowest BCUT2D eigenvalue weighted by molar-refractivity contribution is 0.616. The summed E-state index contributed by atoms with van der Waals surface area (Å²) < 4.78 is 0. The molecule has 72 valence electrons. The van der Waals surface area contributed by atoms with Gasteiger partial charge in [0, 0.05) is 12.6 Å². The summed E-state index contributed by atoms with van der Waals surface area (Å²) in [6, 6.07) is 8.50. The van der Waals surface area contributed by atoms with Crippen molar-refractivity contribution in [3.63, 3.8) is 0 Å². The lowest BCUT2D eigenvalue weighted by Gasteiger charge is -2.12. The number of rotatable bonds is 4. The van der Waals surface area contributed by atoms with Crippen LogP contribution in [-0.2, 0) is 0 Å². The Labute approximate surface area is 80.1 Å². The van der Waals surface area contributed by atoms with Gasteiger partial charge in [0.1, 0.15) is 0 Å². The van der Waals surface area contributed by atoms with E-state index in [-0.39, 0.29) is 6.04 Å². The van der Waals surface area contributed by atoms with Crippen molar-refractivity contribution in [2.24, 2.45) is 5.73 Å². The zero-order chi connectivity index (χ0) is 9.68. The predicted octanol–water partition coefficient (Wildman–Crippen LogP) is 1.60. The van der Waals surface area contributed by atoms with E-state index in [1.807, 2.05) is 0 Å². The van der Waals surface area contributed by atoms with E-state index in [4.69, 9.17) is 5.73 Å². The van der Waals surface area contributed by atoms with Crippen LogP contribution in [0, 0.1) is 6.92 Å². The average Bonchev–Trinajstić information content (AvgIpc) is 2.15. The van der Waals surface area contributed by atoms with Gasteiger partial charge in [-0.2, -0.15) is 0 Å². The molecule has 0 radical (unpaired) electrons. The number of benzene rings is 1. The monoisotopic (exact) mass is 178 g/mol. The molecular formula is C11H18N2. The molecule has 1 atom stereocenters. The zero-order valence-electron chi connectivity index (χ0n) is 8.38. The van der Waals surface area contributed by atoms with Crippen LogP contribution in [0.3, 0.4) is 0 Å². The lowest BCUT2D eigenvalue weighted by atomic mass is 10.1. The first kappa shape index (κ1) is 10.2. The van der Waals surface area contributed by atoms with Crippen molar-refractivity contribution < 1.29 is 0 Å². The third-order valence-corrected chi connectivity index (χ3v) is 2.12. The lowest BCUT2D eigenvalue weighted by Crippen LogP contribution is -2.26. The first-order chi connectivity index (χ1) is 6.24. The van der Waals surface area contributed by atoms with Gasteiger partial charge in [0.25, 0.3) is 0 Å². The Hall–Kier alpha value is -0.860. The molecular weight excluding hydrogens is 160 g/mol. The second-order valence-corrected chi connectivity index (χ2v) is 3.32. The molecule has 3 N–H and O–H groups in total. The van der Waals surface area contributed by atoms with Crippen LogP contribution in [0.1, 0.15) is 24.1 Å². The second kappa shape index (κ2) is 5.00. The first-order valence-corrected chi connectivity index (χ1v) is 4.77. The quantitative estimate of drug-likeness (QED) is 0.735. The molecule has 0 aromatic heterocycles. The fourth-order valence-electron chi connectivity index (χ4n) is 1.23. The number of hydrogen-bond donors (Lipinski definition) is 2. The van der Waals surface area contributed by atoms with Gasteiger partial charge in [-0.1, -0.05) is 36.8 Å². The fourth-order valence-corrected chi connectivity index (χ4v) is 1.23. The molecule has 0 aliphatic rings. The first-order valence-electron chi connectivity index (χ1n) is 4.77. The minimum atomic E-state index is 0.112. The van der Waals surface area contributed by atoms with Gasteiger partial charge in [0.05, 0.1) is 0 Å². The van der Waals surface area contributed by atoms with Crippen LogP contribution >= 0.6 is 0 Å². The van der Waals surface area contributed by atoms with E-state index in [1.54, 1.807) is 0 Å². The average molecular weight is 178 g/mol. The highest BCUT2D eigenvalue weighted by molar-refractivity contribution is 5.23. The Morgan fingerprint density at radius 3 is 2.46 bits per heavy atom. The molecule has 1 rings (SSSR count). The largest absolute Gasteiger partial charge is 0.323 e. The standard InChI is InChI=1S/C11H18N2/c1-3-13-8-11(12)10-6-4-9(2)5-7-10/h4-7,11,13H,3,8,12H2,1-2H3. The van der Waals surface area contributed by atoms with E-state index in [2.05, 4.69) is 43.4 Å². The molecule has 0 saturated heterocycles. The summed E-state index contributed by atoms with van der Waals surface area (Å²) in [5, 5.41) is 3.24. The van der Waals surface area contributed by atoms with E-state index in [9.17, 15) is 0 Å². The minimum absolute atomic E-state index is 0.112. The third-order valence-electron chi connectivity index (χ3n) is 2.12. The summed E-state index contributed by atoms with van der Waals surface area (Å²) >= 11 is 0. The highest BCUT2D eigenvalue weighted by Gasteiger charge is 2.03. The molecule has 0 amide bonds.